The van der Waals surface area contributed by atoms with Crippen LogP contribution in [0.25, 0.3) is 0 Å². The molecule has 1 N–H and O–H groups in total. The van der Waals surface area contributed by atoms with Crippen LogP contribution in [0.15, 0.2) is 73.3 Å². The summed E-state index contributed by atoms with van der Waals surface area (Å²) in [5, 5.41) is 10.5. The van der Waals surface area contributed by atoms with Crippen LogP contribution in [0.3, 0.4) is 0 Å². The molecule has 198 valence electrons. The fraction of sp³-hybridized carbons (Fsp3) is 0.364. The van der Waals surface area contributed by atoms with Gasteiger partial charge in [0.1, 0.15) is 25.1 Å². The quantitative estimate of drug-likeness (QED) is 0.226. The van der Waals surface area contributed by atoms with Gasteiger partial charge in [-0.1, -0.05) is 79.4 Å². The molecule has 1 heterocycles. The molecule has 0 saturated heterocycles. The second-order valence-corrected chi connectivity index (χ2v) is 10.5. The molecule has 4 rings (SSSR count). The van der Waals surface area contributed by atoms with Gasteiger partial charge < -0.3 is 9.84 Å². The Morgan fingerprint density at radius 3 is 2.21 bits per heavy atom. The molecule has 0 aliphatic carbocycles. The van der Waals surface area contributed by atoms with E-state index in [0.717, 1.165) is 31.2 Å². The van der Waals surface area contributed by atoms with Crippen molar-refractivity contribution in [2.45, 2.75) is 71.6 Å². The van der Waals surface area contributed by atoms with Crippen molar-refractivity contribution in [2.24, 2.45) is 0 Å². The summed E-state index contributed by atoms with van der Waals surface area (Å²) in [6, 6.07) is 20.4. The monoisotopic (exact) mass is 509 g/mol. The van der Waals surface area contributed by atoms with Crippen LogP contribution in [0.1, 0.15) is 77.7 Å². The molecule has 0 aliphatic rings. The Bertz CT molecular complexity index is 1360. The first-order valence-corrected chi connectivity index (χ1v) is 13.5. The largest absolute Gasteiger partial charge is 0.504 e. The van der Waals surface area contributed by atoms with Crippen molar-refractivity contribution in [3.8, 4) is 11.5 Å². The first kappa shape index (κ1) is 27.3. The minimum absolute atomic E-state index is 0.120. The molecule has 1 aromatic heterocycles. The van der Waals surface area contributed by atoms with E-state index in [1.54, 1.807) is 30.9 Å². The second-order valence-electron chi connectivity index (χ2n) is 10.5. The number of hydrogen-bond acceptors (Lipinski definition) is 5. The molecule has 0 radical (unpaired) electrons. The number of para-hydroxylation sites is 2. The molecule has 2 unspecified atom stereocenters. The molecule has 38 heavy (non-hydrogen) atoms. The summed E-state index contributed by atoms with van der Waals surface area (Å²) in [5.74, 6) is 1.52. The Morgan fingerprint density at radius 1 is 0.868 bits per heavy atom. The van der Waals surface area contributed by atoms with Crippen LogP contribution >= 0.6 is 0 Å². The van der Waals surface area contributed by atoms with E-state index in [4.69, 9.17) is 14.7 Å². The molecule has 5 heteroatoms. The Hall–Kier alpha value is -3.73. The lowest BCUT2D eigenvalue weighted by molar-refractivity contribution is 0.207. The van der Waals surface area contributed by atoms with Gasteiger partial charge in [0.15, 0.2) is 11.5 Å². The van der Waals surface area contributed by atoms with E-state index in [2.05, 4.69) is 76.0 Å². The van der Waals surface area contributed by atoms with Crippen molar-refractivity contribution in [2.75, 3.05) is 6.61 Å². The molecule has 0 spiro atoms. The van der Waals surface area contributed by atoms with Crippen molar-refractivity contribution < 1.29 is 9.84 Å². The zero-order valence-corrected chi connectivity index (χ0v) is 23.2. The molecule has 3 aromatic carbocycles. The van der Waals surface area contributed by atoms with Gasteiger partial charge in [0.25, 0.3) is 0 Å². The summed E-state index contributed by atoms with van der Waals surface area (Å²) in [6.45, 7) is 11.1. The van der Waals surface area contributed by atoms with Crippen LogP contribution in [-0.4, -0.2) is 26.7 Å². The molecule has 0 bridgehead atoms. The Balaban J connectivity index is 1.91. The first-order valence-electron chi connectivity index (χ1n) is 13.5. The number of aromatic hydroxyl groups is 1. The van der Waals surface area contributed by atoms with Crippen molar-refractivity contribution in [1.29, 1.82) is 0 Å². The third-order valence-electron chi connectivity index (χ3n) is 7.52. The topological polar surface area (TPSA) is 68.1 Å². The fourth-order valence-corrected chi connectivity index (χ4v) is 5.66. The van der Waals surface area contributed by atoms with E-state index >= 15 is 0 Å². The molecular weight excluding hydrogens is 470 g/mol. The smallest absolute Gasteiger partial charge is 0.160 e. The number of ether oxygens (including phenoxy) is 1. The Labute approximate surface area is 227 Å². The highest BCUT2D eigenvalue weighted by molar-refractivity contribution is 5.44. The number of benzene rings is 3. The van der Waals surface area contributed by atoms with Gasteiger partial charge in [0.2, 0.25) is 0 Å². The summed E-state index contributed by atoms with van der Waals surface area (Å²) >= 11 is 0. The summed E-state index contributed by atoms with van der Waals surface area (Å²) < 4.78 is 6.44. The van der Waals surface area contributed by atoms with Crippen LogP contribution in [0.5, 0.6) is 11.5 Å². The lowest BCUT2D eigenvalue weighted by atomic mass is 9.69. The van der Waals surface area contributed by atoms with Crippen molar-refractivity contribution in [1.82, 2.24) is 15.0 Å². The van der Waals surface area contributed by atoms with E-state index in [1.807, 2.05) is 6.07 Å². The summed E-state index contributed by atoms with van der Waals surface area (Å²) in [4.78, 5) is 13.6. The highest BCUT2D eigenvalue weighted by Gasteiger charge is 2.42. The molecule has 4 aromatic rings. The molecule has 2 atom stereocenters. The van der Waals surface area contributed by atoms with E-state index in [-0.39, 0.29) is 18.3 Å². The van der Waals surface area contributed by atoms with Gasteiger partial charge in [0, 0.05) is 0 Å². The number of nitrogens with zero attached hydrogens (tertiary/aromatic N) is 3. The van der Waals surface area contributed by atoms with Gasteiger partial charge in [-0.15, -0.1) is 0 Å². The summed E-state index contributed by atoms with van der Waals surface area (Å²) in [6.07, 6.45) is 7.20. The van der Waals surface area contributed by atoms with E-state index in [1.165, 1.54) is 27.8 Å². The molecule has 0 fully saturated rings. The second kappa shape index (κ2) is 12.2. The van der Waals surface area contributed by atoms with Gasteiger partial charge in [-0.05, 0) is 80.8 Å². The number of aryl methyl sites for hydroxylation is 4. The lowest BCUT2D eigenvalue weighted by Gasteiger charge is -2.37. The maximum atomic E-state index is 10.5. The van der Waals surface area contributed by atoms with Gasteiger partial charge >= 0.3 is 0 Å². The number of phenols is 1. The standard InChI is InChI=1S/C33H39N3O2/c1-6-7-10-27(28-15-13-23(2)17-25(28)4)19-33(32-35-21-34-22-36-32,29-16-14-24(3)18-26(29)5)20-38-31-12-9-8-11-30(31)37/h8-9,11-18,21-22,27,37H,6-7,10,19-20H2,1-5H3. The number of phenolic OH excluding ortho intramolecular Hbond substituents is 1. The van der Waals surface area contributed by atoms with E-state index < -0.39 is 5.41 Å². The van der Waals surface area contributed by atoms with Crippen LogP contribution in [-0.2, 0) is 5.41 Å². The van der Waals surface area contributed by atoms with E-state index in [9.17, 15) is 5.11 Å². The summed E-state index contributed by atoms with van der Waals surface area (Å²) in [7, 11) is 0. The van der Waals surface area contributed by atoms with Crippen molar-refractivity contribution in [3.05, 3.63) is 113 Å². The minimum Gasteiger partial charge on any atom is -0.504 e. The minimum atomic E-state index is -0.668. The number of aromatic nitrogens is 3. The maximum absolute atomic E-state index is 10.5. The summed E-state index contributed by atoms with van der Waals surface area (Å²) in [5.41, 5.74) is 6.76. The molecule has 0 amide bonds. The predicted molar refractivity (Wildman–Crippen MR) is 153 cm³/mol. The fourth-order valence-electron chi connectivity index (χ4n) is 5.66. The van der Waals surface area contributed by atoms with Gasteiger partial charge in [-0.25, -0.2) is 15.0 Å². The Morgan fingerprint density at radius 2 is 1.55 bits per heavy atom. The Kier molecular flexibility index (Phi) is 8.77. The predicted octanol–water partition coefficient (Wildman–Crippen LogP) is 7.54. The maximum Gasteiger partial charge on any atom is 0.160 e. The molecule has 0 saturated carbocycles. The van der Waals surface area contributed by atoms with E-state index in [0.29, 0.717) is 11.6 Å². The zero-order valence-electron chi connectivity index (χ0n) is 23.2. The van der Waals surface area contributed by atoms with Crippen molar-refractivity contribution in [3.63, 3.8) is 0 Å². The third kappa shape index (κ3) is 6.04. The first-order chi connectivity index (χ1) is 18.3. The van der Waals surface area contributed by atoms with Crippen LogP contribution < -0.4 is 4.74 Å². The highest BCUT2D eigenvalue weighted by atomic mass is 16.5. The van der Waals surface area contributed by atoms with Crippen molar-refractivity contribution >= 4 is 0 Å². The SMILES string of the molecule is CCCCC(CC(COc1ccccc1O)(c1ncncn1)c1ccc(C)cc1C)c1ccc(C)cc1C. The average molecular weight is 510 g/mol. The zero-order chi connectivity index (χ0) is 27.1. The highest BCUT2D eigenvalue weighted by Crippen LogP contribution is 2.44. The van der Waals surface area contributed by atoms with Gasteiger partial charge in [-0.2, -0.15) is 0 Å². The average Bonchev–Trinajstić information content (AvgIpc) is 2.90. The lowest BCUT2D eigenvalue weighted by Crippen LogP contribution is -2.39. The van der Waals surface area contributed by atoms with Crippen LogP contribution in [0.4, 0.5) is 0 Å². The molecule has 0 aliphatic heterocycles. The van der Waals surface area contributed by atoms with Gasteiger partial charge in [0.05, 0.1) is 5.41 Å². The third-order valence-corrected chi connectivity index (χ3v) is 7.52. The normalized spacial score (nSPS) is 13.6. The number of rotatable bonds is 11. The van der Waals surface area contributed by atoms with Crippen LogP contribution in [0.2, 0.25) is 0 Å². The number of hydrogen-bond donors (Lipinski definition) is 1. The molecular formula is C33H39N3O2. The van der Waals surface area contributed by atoms with Gasteiger partial charge in [-0.3, -0.25) is 0 Å². The van der Waals surface area contributed by atoms with Crippen LogP contribution in [0, 0.1) is 27.7 Å². The number of unbranched alkanes of at least 4 members (excludes halogenated alkanes) is 1. The molecule has 5 nitrogen and oxygen atoms in total.